The Hall–Kier alpha value is -4.01. The zero-order valence-electron chi connectivity index (χ0n) is 18.5. The average molecular weight is 511 g/mol. The second-order valence-corrected chi connectivity index (χ2v) is 9.12. The molecule has 0 unspecified atom stereocenters. The summed E-state index contributed by atoms with van der Waals surface area (Å²) in [4.78, 5) is 36.2. The van der Waals surface area contributed by atoms with E-state index in [2.05, 4.69) is 9.97 Å². The summed E-state index contributed by atoms with van der Waals surface area (Å²) < 4.78 is 23.6. The molecule has 4 heterocycles. The molecule has 176 valence electrons. The number of methoxy groups -OCH3 is 1. The lowest BCUT2D eigenvalue weighted by Gasteiger charge is -2.12. The number of rotatable bonds is 5. The van der Waals surface area contributed by atoms with E-state index in [1.165, 1.54) is 23.9 Å². The molecule has 0 bridgehead atoms. The molecule has 0 saturated carbocycles. The molecule has 35 heavy (non-hydrogen) atoms. The third-order valence-corrected chi connectivity index (χ3v) is 7.08. The molecule has 9 nitrogen and oxygen atoms in total. The van der Waals surface area contributed by atoms with Crippen LogP contribution in [0.3, 0.4) is 0 Å². The Labute approximate surface area is 205 Å². The van der Waals surface area contributed by atoms with E-state index in [0.717, 1.165) is 22.0 Å². The first-order valence-corrected chi connectivity index (χ1v) is 11.5. The molecule has 0 aliphatic rings. The van der Waals surface area contributed by atoms with Crippen LogP contribution in [-0.2, 0) is 13.6 Å². The lowest BCUT2D eigenvalue weighted by Crippen LogP contribution is -2.38. The number of nitrogens with zero attached hydrogens (tertiary/aromatic N) is 6. The van der Waals surface area contributed by atoms with Crippen LogP contribution in [0.2, 0.25) is 5.02 Å². The monoisotopic (exact) mass is 510 g/mol. The van der Waals surface area contributed by atoms with Gasteiger partial charge in [-0.1, -0.05) is 11.6 Å². The molecule has 0 saturated heterocycles. The first kappa shape index (κ1) is 22.8. The third-order valence-electron chi connectivity index (χ3n) is 5.62. The molecule has 5 rings (SSSR count). The van der Waals surface area contributed by atoms with Crippen LogP contribution in [0.5, 0.6) is 5.75 Å². The number of fused-ring (bicyclic) bond motifs is 2. The maximum atomic E-state index is 14.1. The highest BCUT2D eigenvalue weighted by Gasteiger charge is 2.22. The molecule has 12 heteroatoms. The third kappa shape index (κ3) is 3.58. The van der Waals surface area contributed by atoms with Crippen LogP contribution in [0.1, 0.15) is 6.42 Å². The molecule has 1 aromatic carbocycles. The standard InChI is InChI=1S/C23H16ClFN6O3S/c1-29-11-28-15-9-27-10-17(20(15)29)31-22(32)21-16(30(23(31)33)5-3-4-26)8-19(35-21)12-6-18(34-2)14(25)7-13(12)24/h6-11H,3,5H2,1-2H3. The van der Waals surface area contributed by atoms with Gasteiger partial charge < -0.3 is 9.30 Å². The largest absolute Gasteiger partial charge is 0.494 e. The molecule has 5 aromatic rings. The van der Waals surface area contributed by atoms with Crippen molar-refractivity contribution in [3.63, 3.8) is 0 Å². The van der Waals surface area contributed by atoms with E-state index in [9.17, 15) is 14.0 Å². The summed E-state index contributed by atoms with van der Waals surface area (Å²) >= 11 is 7.42. The summed E-state index contributed by atoms with van der Waals surface area (Å²) in [5, 5.41) is 9.29. The van der Waals surface area contributed by atoms with Gasteiger partial charge in [-0.25, -0.2) is 18.7 Å². The van der Waals surface area contributed by atoms with Crippen molar-refractivity contribution in [1.29, 1.82) is 5.26 Å². The predicted molar refractivity (Wildman–Crippen MR) is 131 cm³/mol. The Kier molecular flexibility index (Phi) is 5.62. The minimum absolute atomic E-state index is 0.00454. The molecule has 0 amide bonds. The Morgan fingerprint density at radius 2 is 2.06 bits per heavy atom. The van der Waals surface area contributed by atoms with Gasteiger partial charge in [0, 0.05) is 24.0 Å². The number of aromatic nitrogens is 5. The number of hydrogen-bond acceptors (Lipinski definition) is 7. The molecule has 0 aliphatic carbocycles. The number of aryl methyl sites for hydroxylation is 2. The van der Waals surface area contributed by atoms with E-state index < -0.39 is 17.1 Å². The molecule has 0 atom stereocenters. The van der Waals surface area contributed by atoms with Gasteiger partial charge in [-0.3, -0.25) is 14.3 Å². The van der Waals surface area contributed by atoms with Crippen LogP contribution in [0.15, 0.2) is 46.5 Å². The predicted octanol–water partition coefficient (Wildman–Crippen LogP) is 3.88. The van der Waals surface area contributed by atoms with Gasteiger partial charge in [0.25, 0.3) is 5.56 Å². The zero-order chi connectivity index (χ0) is 24.9. The van der Waals surface area contributed by atoms with Crippen molar-refractivity contribution in [2.24, 2.45) is 7.05 Å². The molecule has 0 radical (unpaired) electrons. The molecule has 0 fully saturated rings. The summed E-state index contributed by atoms with van der Waals surface area (Å²) in [6.07, 6.45) is 4.60. The fourth-order valence-corrected chi connectivity index (χ4v) is 5.43. The normalized spacial score (nSPS) is 11.3. The summed E-state index contributed by atoms with van der Waals surface area (Å²) in [6.45, 7) is 0.0670. The summed E-state index contributed by atoms with van der Waals surface area (Å²) in [5.74, 6) is -0.623. The van der Waals surface area contributed by atoms with Gasteiger partial charge >= 0.3 is 5.69 Å². The SMILES string of the molecule is COc1cc(-c2cc3c(s2)c(=O)n(-c2cncc4ncn(C)c24)c(=O)n3CCC#N)c(Cl)cc1F. The van der Waals surface area contributed by atoms with Gasteiger partial charge in [0.15, 0.2) is 11.6 Å². The molecule has 4 aromatic heterocycles. The maximum Gasteiger partial charge on any atom is 0.336 e. The Balaban J connectivity index is 1.86. The van der Waals surface area contributed by atoms with Gasteiger partial charge in [-0.15, -0.1) is 11.3 Å². The van der Waals surface area contributed by atoms with Crippen LogP contribution < -0.4 is 16.0 Å². The van der Waals surface area contributed by atoms with Crippen LogP contribution in [-0.4, -0.2) is 30.8 Å². The average Bonchev–Trinajstić information content (AvgIpc) is 3.44. The van der Waals surface area contributed by atoms with E-state index in [1.807, 2.05) is 6.07 Å². The van der Waals surface area contributed by atoms with Crippen molar-refractivity contribution in [3.8, 4) is 27.9 Å². The van der Waals surface area contributed by atoms with Crippen LogP contribution in [0, 0.1) is 17.1 Å². The molecule has 0 spiro atoms. The molecular formula is C23H16ClFN6O3S. The number of nitriles is 1. The Morgan fingerprint density at radius 3 is 2.80 bits per heavy atom. The van der Waals surface area contributed by atoms with Crippen LogP contribution in [0.4, 0.5) is 4.39 Å². The second kappa shape index (κ2) is 8.65. The number of pyridine rings is 1. The minimum atomic E-state index is -0.618. The smallest absolute Gasteiger partial charge is 0.336 e. The zero-order valence-corrected chi connectivity index (χ0v) is 20.0. The highest BCUT2D eigenvalue weighted by atomic mass is 35.5. The molecular weight excluding hydrogens is 495 g/mol. The quantitative estimate of drug-likeness (QED) is 0.355. The van der Waals surface area contributed by atoms with E-state index in [0.29, 0.717) is 27.0 Å². The molecule has 0 N–H and O–H groups in total. The number of benzene rings is 1. The van der Waals surface area contributed by atoms with Crippen molar-refractivity contribution in [1.82, 2.24) is 23.7 Å². The fourth-order valence-electron chi connectivity index (χ4n) is 4.00. The minimum Gasteiger partial charge on any atom is -0.494 e. The van der Waals surface area contributed by atoms with Gasteiger partial charge in [-0.2, -0.15) is 5.26 Å². The van der Waals surface area contributed by atoms with Crippen molar-refractivity contribution >= 4 is 44.2 Å². The van der Waals surface area contributed by atoms with Gasteiger partial charge in [-0.05, 0) is 18.2 Å². The summed E-state index contributed by atoms with van der Waals surface area (Å²) in [5.41, 5.74) is 1.02. The first-order valence-electron chi connectivity index (χ1n) is 10.3. The van der Waals surface area contributed by atoms with E-state index in [1.54, 1.807) is 30.2 Å². The number of hydrogen-bond donors (Lipinski definition) is 0. The van der Waals surface area contributed by atoms with Gasteiger partial charge in [0.2, 0.25) is 0 Å². The lowest BCUT2D eigenvalue weighted by atomic mass is 10.1. The maximum absolute atomic E-state index is 14.1. The second-order valence-electron chi connectivity index (χ2n) is 7.66. The Morgan fingerprint density at radius 1 is 1.26 bits per heavy atom. The topological polar surface area (TPSA) is 108 Å². The number of imidazole rings is 1. The van der Waals surface area contributed by atoms with Gasteiger partial charge in [0.1, 0.15) is 10.2 Å². The van der Waals surface area contributed by atoms with Crippen molar-refractivity contribution in [3.05, 3.63) is 68.6 Å². The van der Waals surface area contributed by atoms with Crippen LogP contribution in [0.25, 0.3) is 37.4 Å². The van der Waals surface area contributed by atoms with Crippen molar-refractivity contribution in [2.45, 2.75) is 13.0 Å². The first-order chi connectivity index (χ1) is 16.8. The summed E-state index contributed by atoms with van der Waals surface area (Å²) in [7, 11) is 3.09. The number of thiophene rings is 1. The highest BCUT2D eigenvalue weighted by molar-refractivity contribution is 7.22. The van der Waals surface area contributed by atoms with Crippen LogP contribution >= 0.6 is 22.9 Å². The van der Waals surface area contributed by atoms with E-state index in [-0.39, 0.29) is 34.1 Å². The molecule has 0 aliphatic heterocycles. The number of halogens is 2. The Bertz CT molecular complexity index is 1800. The van der Waals surface area contributed by atoms with E-state index in [4.69, 9.17) is 21.6 Å². The lowest BCUT2D eigenvalue weighted by molar-refractivity contribution is 0.387. The van der Waals surface area contributed by atoms with Crippen molar-refractivity contribution in [2.75, 3.05) is 7.11 Å². The van der Waals surface area contributed by atoms with Gasteiger partial charge in [0.05, 0.1) is 60.1 Å². The number of ether oxygens (including phenoxy) is 1. The van der Waals surface area contributed by atoms with E-state index >= 15 is 0 Å². The fraction of sp³-hybridized carbons (Fsp3) is 0.174. The highest BCUT2D eigenvalue weighted by Crippen LogP contribution is 2.39. The van der Waals surface area contributed by atoms with Crippen molar-refractivity contribution < 1.29 is 9.13 Å². The summed E-state index contributed by atoms with van der Waals surface area (Å²) in [6, 6.07) is 6.26.